The molecule has 0 bridgehead atoms. The van der Waals surface area contributed by atoms with Gasteiger partial charge in [0.2, 0.25) is 0 Å². The van der Waals surface area contributed by atoms with Crippen LogP contribution in [-0.4, -0.2) is 16.0 Å². The molecule has 0 radical (unpaired) electrons. The maximum Gasteiger partial charge on any atom is 0.260 e. The number of anilines is 1. The van der Waals surface area contributed by atoms with Crippen LogP contribution in [0.15, 0.2) is 40.2 Å². The van der Waals surface area contributed by atoms with Crippen molar-refractivity contribution in [2.24, 2.45) is 0 Å². The third kappa shape index (κ3) is 2.87. The lowest BCUT2D eigenvalue weighted by Gasteiger charge is -2.05. The summed E-state index contributed by atoms with van der Waals surface area (Å²) in [5.41, 5.74) is 1.16. The highest BCUT2D eigenvalue weighted by Crippen LogP contribution is 2.40. The van der Waals surface area contributed by atoms with Crippen LogP contribution in [0.2, 0.25) is 5.02 Å². The second-order valence-corrected chi connectivity index (χ2v) is 6.65. The number of rotatable bonds is 4. The van der Waals surface area contributed by atoms with Crippen LogP contribution in [0.1, 0.15) is 34.9 Å². The van der Waals surface area contributed by atoms with Gasteiger partial charge in [-0.05, 0) is 36.4 Å². The van der Waals surface area contributed by atoms with Gasteiger partial charge in [0.1, 0.15) is 5.00 Å². The molecule has 4 rings (SSSR count). The molecule has 1 N–H and O–H groups in total. The number of hydrogen-bond acceptors (Lipinski definition) is 5. The summed E-state index contributed by atoms with van der Waals surface area (Å²) in [6.07, 6.45) is 2.22. The number of thiophene rings is 1. The first-order chi connectivity index (χ1) is 11.2. The lowest BCUT2D eigenvalue weighted by atomic mass is 10.2. The highest BCUT2D eigenvalue weighted by molar-refractivity contribution is 7.15. The van der Waals surface area contributed by atoms with Gasteiger partial charge in [0.15, 0.2) is 5.82 Å². The quantitative estimate of drug-likeness (QED) is 0.751. The van der Waals surface area contributed by atoms with E-state index >= 15 is 0 Å². The number of amides is 1. The molecule has 2 heterocycles. The normalized spacial score (nSPS) is 14.0. The van der Waals surface area contributed by atoms with Gasteiger partial charge in [0.05, 0.1) is 16.1 Å². The first-order valence-electron chi connectivity index (χ1n) is 7.19. The molecule has 2 aromatic heterocycles. The molecule has 7 heteroatoms. The largest absolute Gasteiger partial charge is 0.334 e. The Morgan fingerprint density at radius 3 is 2.91 bits per heavy atom. The van der Waals surface area contributed by atoms with Gasteiger partial charge >= 0.3 is 0 Å². The molecule has 23 heavy (non-hydrogen) atoms. The van der Waals surface area contributed by atoms with E-state index in [-0.39, 0.29) is 5.91 Å². The second kappa shape index (κ2) is 5.79. The maximum atomic E-state index is 12.4. The van der Waals surface area contributed by atoms with Gasteiger partial charge in [0.25, 0.3) is 11.8 Å². The highest BCUT2D eigenvalue weighted by atomic mass is 35.5. The molecule has 1 aliphatic carbocycles. The van der Waals surface area contributed by atoms with E-state index in [1.165, 1.54) is 11.3 Å². The minimum atomic E-state index is -0.263. The van der Waals surface area contributed by atoms with Crippen molar-refractivity contribution in [3.63, 3.8) is 0 Å². The third-order valence-electron chi connectivity index (χ3n) is 3.63. The number of carbonyl (C=O) groups excluding carboxylic acids is 1. The zero-order chi connectivity index (χ0) is 15.8. The minimum absolute atomic E-state index is 0.263. The van der Waals surface area contributed by atoms with Gasteiger partial charge in [0, 0.05) is 5.92 Å². The van der Waals surface area contributed by atoms with Crippen LogP contribution in [0.3, 0.4) is 0 Å². The zero-order valence-electron chi connectivity index (χ0n) is 12.0. The Hall–Kier alpha value is -2.18. The molecule has 1 fully saturated rings. The Morgan fingerprint density at radius 1 is 1.30 bits per heavy atom. The van der Waals surface area contributed by atoms with E-state index < -0.39 is 0 Å². The Morgan fingerprint density at radius 2 is 2.13 bits per heavy atom. The van der Waals surface area contributed by atoms with Gasteiger partial charge in [-0.15, -0.1) is 11.3 Å². The number of carbonyl (C=O) groups is 1. The number of nitrogens with zero attached hydrogens (tertiary/aromatic N) is 2. The van der Waals surface area contributed by atoms with Crippen molar-refractivity contribution >= 4 is 33.8 Å². The lowest BCUT2D eigenvalue weighted by Crippen LogP contribution is -2.11. The number of aromatic nitrogens is 2. The average Bonchev–Trinajstić information content (AvgIpc) is 3.10. The van der Waals surface area contributed by atoms with Crippen LogP contribution < -0.4 is 5.32 Å². The van der Waals surface area contributed by atoms with E-state index in [1.807, 2.05) is 11.4 Å². The van der Waals surface area contributed by atoms with Crippen LogP contribution in [0, 0.1) is 0 Å². The van der Waals surface area contributed by atoms with Gasteiger partial charge in [-0.3, -0.25) is 4.79 Å². The predicted octanol–water partition coefficient (Wildman–Crippen LogP) is 4.58. The molecule has 0 unspecified atom stereocenters. The summed E-state index contributed by atoms with van der Waals surface area (Å²) >= 11 is 7.47. The highest BCUT2D eigenvalue weighted by Gasteiger charge is 2.29. The molecule has 5 nitrogen and oxygen atoms in total. The Balaban J connectivity index is 1.59. The molecule has 1 aliphatic rings. The molecule has 3 aromatic rings. The molecular formula is C16H12ClN3O2S. The van der Waals surface area contributed by atoms with Crippen molar-refractivity contribution in [2.75, 3.05) is 5.32 Å². The SMILES string of the molecule is O=C(Nc1sccc1-c1nc(C2CC2)no1)c1ccccc1Cl. The molecule has 1 amide bonds. The number of hydrogen-bond donors (Lipinski definition) is 1. The van der Waals surface area contributed by atoms with Crippen LogP contribution in [0.25, 0.3) is 11.5 Å². The topological polar surface area (TPSA) is 68.0 Å². The molecule has 1 aromatic carbocycles. The standard InChI is InChI=1S/C16H12ClN3O2S/c17-12-4-2-1-3-10(12)14(21)19-16-11(7-8-23-16)15-18-13(20-22-15)9-5-6-9/h1-4,7-9H,5-6H2,(H,19,21). The molecule has 0 saturated heterocycles. The van der Waals surface area contributed by atoms with Crippen molar-refractivity contribution < 1.29 is 9.32 Å². The van der Waals surface area contributed by atoms with Gasteiger partial charge in [-0.25, -0.2) is 0 Å². The summed E-state index contributed by atoms with van der Waals surface area (Å²) in [5, 5.41) is 9.83. The van der Waals surface area contributed by atoms with Crippen LogP contribution in [-0.2, 0) is 0 Å². The average molecular weight is 346 g/mol. The predicted molar refractivity (Wildman–Crippen MR) is 89.0 cm³/mol. The van der Waals surface area contributed by atoms with E-state index in [1.54, 1.807) is 24.3 Å². The minimum Gasteiger partial charge on any atom is -0.334 e. The summed E-state index contributed by atoms with van der Waals surface area (Å²) in [5.74, 6) is 1.34. The maximum absolute atomic E-state index is 12.4. The fourth-order valence-electron chi connectivity index (χ4n) is 2.24. The van der Waals surface area contributed by atoms with Crippen LogP contribution in [0.4, 0.5) is 5.00 Å². The molecule has 0 spiro atoms. The van der Waals surface area contributed by atoms with Gasteiger partial charge in [-0.1, -0.05) is 28.9 Å². The second-order valence-electron chi connectivity index (χ2n) is 5.33. The van der Waals surface area contributed by atoms with Crippen molar-refractivity contribution in [3.05, 3.63) is 52.1 Å². The number of benzene rings is 1. The summed E-state index contributed by atoms with van der Waals surface area (Å²) in [7, 11) is 0. The summed E-state index contributed by atoms with van der Waals surface area (Å²) in [6, 6.07) is 8.79. The first-order valence-corrected chi connectivity index (χ1v) is 8.45. The van der Waals surface area contributed by atoms with E-state index in [2.05, 4.69) is 15.5 Å². The summed E-state index contributed by atoms with van der Waals surface area (Å²) in [6.45, 7) is 0. The van der Waals surface area contributed by atoms with Crippen LogP contribution >= 0.6 is 22.9 Å². The van der Waals surface area contributed by atoms with E-state index in [9.17, 15) is 4.79 Å². The fourth-order valence-corrected chi connectivity index (χ4v) is 3.24. The molecular weight excluding hydrogens is 334 g/mol. The molecule has 116 valence electrons. The monoisotopic (exact) mass is 345 g/mol. The summed E-state index contributed by atoms with van der Waals surface area (Å²) in [4.78, 5) is 16.8. The van der Waals surface area contributed by atoms with Crippen molar-refractivity contribution in [1.29, 1.82) is 0 Å². The Kier molecular flexibility index (Phi) is 3.63. The van der Waals surface area contributed by atoms with Crippen molar-refractivity contribution in [1.82, 2.24) is 10.1 Å². The van der Waals surface area contributed by atoms with Gasteiger partial charge in [-0.2, -0.15) is 4.98 Å². The molecule has 0 atom stereocenters. The molecule has 0 aliphatic heterocycles. The number of nitrogens with one attached hydrogen (secondary N) is 1. The van der Waals surface area contributed by atoms with E-state index in [4.69, 9.17) is 16.1 Å². The fraction of sp³-hybridized carbons (Fsp3) is 0.188. The van der Waals surface area contributed by atoms with Gasteiger partial charge < -0.3 is 9.84 Å². The van der Waals surface area contributed by atoms with E-state index in [0.717, 1.165) is 24.2 Å². The lowest BCUT2D eigenvalue weighted by molar-refractivity contribution is 0.102. The first kappa shape index (κ1) is 14.4. The Bertz CT molecular complexity index is 870. The van der Waals surface area contributed by atoms with Crippen molar-refractivity contribution in [3.8, 4) is 11.5 Å². The molecule has 1 saturated carbocycles. The smallest absolute Gasteiger partial charge is 0.260 e. The number of halogens is 1. The van der Waals surface area contributed by atoms with Crippen LogP contribution in [0.5, 0.6) is 0 Å². The zero-order valence-corrected chi connectivity index (χ0v) is 13.5. The van der Waals surface area contributed by atoms with E-state index in [0.29, 0.717) is 27.4 Å². The third-order valence-corrected chi connectivity index (χ3v) is 4.78. The van der Waals surface area contributed by atoms with Crippen molar-refractivity contribution in [2.45, 2.75) is 18.8 Å². The summed E-state index contributed by atoms with van der Waals surface area (Å²) < 4.78 is 5.33. The Labute approximate surface area is 141 Å².